The van der Waals surface area contributed by atoms with Crippen molar-refractivity contribution < 1.29 is 17.9 Å². The fourth-order valence-electron chi connectivity index (χ4n) is 3.88. The van der Waals surface area contributed by atoms with Crippen LogP contribution in [0, 0.1) is 12.8 Å². The van der Waals surface area contributed by atoms with E-state index in [1.54, 1.807) is 24.3 Å². The number of piperidine rings is 1. The summed E-state index contributed by atoms with van der Waals surface area (Å²) in [5, 5.41) is 3.09. The molecule has 1 aliphatic heterocycles. The van der Waals surface area contributed by atoms with Crippen LogP contribution < -0.4 is 10.1 Å². The number of carbonyl (C=O) groups excluding carboxylic acids is 1. The van der Waals surface area contributed by atoms with Crippen molar-refractivity contribution in [2.45, 2.75) is 44.9 Å². The van der Waals surface area contributed by atoms with E-state index in [2.05, 4.69) is 28.2 Å². The molecule has 0 saturated carbocycles. The highest BCUT2D eigenvalue weighted by Gasteiger charge is 2.32. The van der Waals surface area contributed by atoms with E-state index >= 15 is 0 Å². The Balaban J connectivity index is 1.64. The van der Waals surface area contributed by atoms with Gasteiger partial charge >= 0.3 is 0 Å². The van der Waals surface area contributed by atoms with Gasteiger partial charge in [-0.25, -0.2) is 8.42 Å². The Labute approximate surface area is 193 Å². The van der Waals surface area contributed by atoms with E-state index in [9.17, 15) is 13.2 Å². The van der Waals surface area contributed by atoms with Gasteiger partial charge in [-0.3, -0.25) is 4.79 Å². The molecule has 0 aromatic heterocycles. The van der Waals surface area contributed by atoms with E-state index in [0.29, 0.717) is 38.3 Å². The monoisotopic (exact) mass is 508 g/mol. The molecule has 1 heterocycles. The molecular weight excluding hydrogens is 480 g/mol. The van der Waals surface area contributed by atoms with Crippen molar-refractivity contribution in [3.63, 3.8) is 0 Å². The SMILES string of the molecule is CCOc1ccc(S(=O)(=O)N2CCC(C(=O)Nc3c(C)cc(Br)cc3CC)CC2)cc1. The number of carbonyl (C=O) groups is 1. The van der Waals surface area contributed by atoms with Crippen molar-refractivity contribution in [3.8, 4) is 5.75 Å². The van der Waals surface area contributed by atoms with Crippen LogP contribution in [-0.4, -0.2) is 38.3 Å². The summed E-state index contributed by atoms with van der Waals surface area (Å²) in [5.41, 5.74) is 2.95. The maximum absolute atomic E-state index is 13.0. The Bertz CT molecular complexity index is 1030. The number of aryl methyl sites for hydroxylation is 2. The predicted octanol–water partition coefficient (Wildman–Crippen LogP) is 4.76. The molecule has 2 aromatic rings. The third kappa shape index (κ3) is 5.48. The number of anilines is 1. The lowest BCUT2D eigenvalue weighted by Gasteiger charge is -2.31. The highest BCUT2D eigenvalue weighted by molar-refractivity contribution is 9.10. The number of ether oxygens (including phenoxy) is 1. The van der Waals surface area contributed by atoms with Crippen LogP contribution in [0.2, 0.25) is 0 Å². The van der Waals surface area contributed by atoms with Crippen LogP contribution in [0.3, 0.4) is 0 Å². The first-order chi connectivity index (χ1) is 14.8. The quantitative estimate of drug-likeness (QED) is 0.584. The Morgan fingerprint density at radius 3 is 2.39 bits per heavy atom. The third-order valence-electron chi connectivity index (χ3n) is 5.61. The molecule has 168 valence electrons. The van der Waals surface area contributed by atoms with Gasteiger partial charge in [-0.15, -0.1) is 0 Å². The van der Waals surface area contributed by atoms with E-state index in [1.807, 2.05) is 26.0 Å². The van der Waals surface area contributed by atoms with Gasteiger partial charge in [0.2, 0.25) is 15.9 Å². The van der Waals surface area contributed by atoms with Gasteiger partial charge in [0.05, 0.1) is 11.5 Å². The lowest BCUT2D eigenvalue weighted by atomic mass is 9.96. The molecule has 1 amide bonds. The Hall–Kier alpha value is -1.90. The molecular formula is C23H29BrN2O4S. The topological polar surface area (TPSA) is 75.7 Å². The summed E-state index contributed by atoms with van der Waals surface area (Å²) < 4.78 is 33.8. The zero-order valence-corrected chi connectivity index (χ0v) is 20.6. The highest BCUT2D eigenvalue weighted by atomic mass is 79.9. The van der Waals surface area contributed by atoms with Crippen LogP contribution in [0.5, 0.6) is 5.75 Å². The molecule has 0 spiro atoms. The minimum absolute atomic E-state index is 0.0433. The number of nitrogens with zero attached hydrogens (tertiary/aromatic N) is 1. The first-order valence-electron chi connectivity index (χ1n) is 10.6. The lowest BCUT2D eigenvalue weighted by molar-refractivity contribution is -0.120. The maximum atomic E-state index is 13.0. The summed E-state index contributed by atoms with van der Waals surface area (Å²) >= 11 is 3.50. The van der Waals surface area contributed by atoms with Crippen molar-refractivity contribution in [2.75, 3.05) is 25.0 Å². The van der Waals surface area contributed by atoms with Gasteiger partial charge in [-0.1, -0.05) is 22.9 Å². The minimum Gasteiger partial charge on any atom is -0.494 e. The summed E-state index contributed by atoms with van der Waals surface area (Å²) in [6.07, 6.45) is 1.81. The van der Waals surface area contributed by atoms with Crippen LogP contribution in [0.1, 0.15) is 37.8 Å². The van der Waals surface area contributed by atoms with Gasteiger partial charge in [0.15, 0.2) is 0 Å². The van der Waals surface area contributed by atoms with Crippen LogP contribution in [0.15, 0.2) is 45.8 Å². The van der Waals surface area contributed by atoms with E-state index in [1.165, 1.54) is 4.31 Å². The molecule has 8 heteroatoms. The van der Waals surface area contributed by atoms with Gasteiger partial charge in [-0.2, -0.15) is 4.31 Å². The molecule has 1 fully saturated rings. The number of nitrogens with one attached hydrogen (secondary N) is 1. The Morgan fingerprint density at radius 1 is 1.16 bits per heavy atom. The molecule has 0 unspecified atom stereocenters. The number of amides is 1. The maximum Gasteiger partial charge on any atom is 0.243 e. The number of hydrogen-bond donors (Lipinski definition) is 1. The van der Waals surface area contributed by atoms with Crippen molar-refractivity contribution in [1.29, 1.82) is 0 Å². The van der Waals surface area contributed by atoms with E-state index < -0.39 is 10.0 Å². The van der Waals surface area contributed by atoms with Gasteiger partial charge < -0.3 is 10.1 Å². The normalized spacial score (nSPS) is 15.6. The first kappa shape index (κ1) is 23.8. The van der Waals surface area contributed by atoms with Crippen LogP contribution in [0.4, 0.5) is 5.69 Å². The fraction of sp³-hybridized carbons (Fsp3) is 0.435. The van der Waals surface area contributed by atoms with Gasteiger partial charge in [-0.05, 0) is 80.6 Å². The fourth-order valence-corrected chi connectivity index (χ4v) is 5.97. The zero-order chi connectivity index (χ0) is 22.6. The minimum atomic E-state index is -3.58. The van der Waals surface area contributed by atoms with Crippen LogP contribution in [-0.2, 0) is 21.2 Å². The number of sulfonamides is 1. The summed E-state index contributed by atoms with van der Waals surface area (Å²) in [6.45, 7) is 7.10. The van der Waals surface area contributed by atoms with Gasteiger partial charge in [0.1, 0.15) is 5.75 Å². The number of halogens is 1. The third-order valence-corrected chi connectivity index (χ3v) is 7.98. The van der Waals surface area contributed by atoms with Crippen molar-refractivity contribution >= 4 is 37.5 Å². The summed E-state index contributed by atoms with van der Waals surface area (Å²) in [4.78, 5) is 13.1. The lowest BCUT2D eigenvalue weighted by Crippen LogP contribution is -2.41. The molecule has 1 saturated heterocycles. The van der Waals surface area contributed by atoms with E-state index in [4.69, 9.17) is 4.74 Å². The summed E-state index contributed by atoms with van der Waals surface area (Å²) in [7, 11) is -3.58. The number of benzene rings is 2. The molecule has 6 nitrogen and oxygen atoms in total. The Kier molecular flexibility index (Phi) is 7.78. The number of rotatable bonds is 7. The second kappa shape index (κ2) is 10.1. The predicted molar refractivity (Wildman–Crippen MR) is 126 cm³/mol. The first-order valence-corrected chi connectivity index (χ1v) is 12.8. The average molecular weight is 509 g/mol. The van der Waals surface area contributed by atoms with Gasteiger partial charge in [0, 0.05) is 29.2 Å². The Morgan fingerprint density at radius 2 is 1.81 bits per heavy atom. The number of hydrogen-bond acceptors (Lipinski definition) is 4. The molecule has 1 N–H and O–H groups in total. The molecule has 3 rings (SSSR count). The molecule has 31 heavy (non-hydrogen) atoms. The van der Waals surface area contributed by atoms with Crippen LogP contribution >= 0.6 is 15.9 Å². The van der Waals surface area contributed by atoms with Crippen molar-refractivity contribution in [2.24, 2.45) is 5.92 Å². The smallest absolute Gasteiger partial charge is 0.243 e. The average Bonchev–Trinajstić information content (AvgIpc) is 2.76. The van der Waals surface area contributed by atoms with E-state index in [-0.39, 0.29) is 16.7 Å². The van der Waals surface area contributed by atoms with E-state index in [0.717, 1.165) is 27.7 Å². The largest absolute Gasteiger partial charge is 0.494 e. The molecule has 2 aromatic carbocycles. The molecule has 0 atom stereocenters. The standard InChI is InChI=1S/C23H29BrN2O4S/c1-4-17-15-19(24)14-16(3)22(17)25-23(27)18-10-12-26(13-11-18)31(28,29)21-8-6-20(7-9-21)30-5-2/h6-9,14-15,18H,4-5,10-13H2,1-3H3,(H,25,27). The summed E-state index contributed by atoms with van der Waals surface area (Å²) in [5.74, 6) is 0.393. The van der Waals surface area contributed by atoms with Crippen LogP contribution in [0.25, 0.3) is 0 Å². The van der Waals surface area contributed by atoms with Crippen molar-refractivity contribution in [1.82, 2.24) is 4.31 Å². The molecule has 0 aliphatic carbocycles. The second-order valence-electron chi connectivity index (χ2n) is 7.68. The second-order valence-corrected chi connectivity index (χ2v) is 10.5. The molecule has 0 bridgehead atoms. The summed E-state index contributed by atoms with van der Waals surface area (Å²) in [6, 6.07) is 10.5. The highest BCUT2D eigenvalue weighted by Crippen LogP contribution is 2.29. The van der Waals surface area contributed by atoms with Gasteiger partial charge in [0.25, 0.3) is 0 Å². The zero-order valence-electron chi connectivity index (χ0n) is 18.2. The molecule has 1 aliphatic rings. The molecule has 0 radical (unpaired) electrons. The van der Waals surface area contributed by atoms with Crippen molar-refractivity contribution in [3.05, 3.63) is 52.0 Å².